The van der Waals surface area contributed by atoms with Gasteiger partial charge in [0.1, 0.15) is 0 Å². The van der Waals surface area contributed by atoms with Crippen LogP contribution in [0.3, 0.4) is 0 Å². The van der Waals surface area contributed by atoms with Gasteiger partial charge in [-0.25, -0.2) is 0 Å². The first kappa shape index (κ1) is 23.1. The van der Waals surface area contributed by atoms with Crippen LogP contribution in [-0.2, 0) is 4.79 Å². The fraction of sp³-hybridized carbons (Fsp3) is 0.160. The van der Waals surface area contributed by atoms with Gasteiger partial charge in [0.05, 0.1) is 17.2 Å². The molecule has 0 aliphatic heterocycles. The third kappa shape index (κ3) is 6.23. The number of rotatable bonds is 8. The van der Waals surface area contributed by atoms with Crippen molar-refractivity contribution in [1.29, 1.82) is 0 Å². The highest BCUT2D eigenvalue weighted by atomic mass is 32.1. The number of para-hydroxylation sites is 1. The van der Waals surface area contributed by atoms with Crippen molar-refractivity contribution in [2.75, 3.05) is 18.5 Å². The van der Waals surface area contributed by atoms with E-state index in [1.165, 1.54) is 0 Å². The Labute approximate surface area is 192 Å². The van der Waals surface area contributed by atoms with Gasteiger partial charge in [0.25, 0.3) is 5.91 Å². The van der Waals surface area contributed by atoms with Crippen molar-refractivity contribution in [3.05, 3.63) is 102 Å². The first-order valence-electron chi connectivity index (χ1n) is 10.3. The van der Waals surface area contributed by atoms with Crippen LogP contribution in [0.5, 0.6) is 0 Å². The lowest BCUT2D eigenvalue weighted by Gasteiger charge is -2.19. The molecule has 0 aliphatic carbocycles. The first-order chi connectivity index (χ1) is 15.6. The number of benzene rings is 3. The number of hydrogen-bond donors (Lipinski definition) is 4. The molecule has 0 aliphatic rings. The van der Waals surface area contributed by atoms with Crippen LogP contribution in [0.4, 0.5) is 5.69 Å². The minimum Gasteiger partial charge on any atom is -0.396 e. The summed E-state index contributed by atoms with van der Waals surface area (Å²) in [6.45, 7) is 0.362. The zero-order valence-corrected chi connectivity index (χ0v) is 18.3. The van der Waals surface area contributed by atoms with Gasteiger partial charge >= 0.3 is 0 Å². The van der Waals surface area contributed by atoms with Gasteiger partial charge in [-0.2, -0.15) is 0 Å². The molecule has 3 rings (SSSR count). The van der Waals surface area contributed by atoms with E-state index in [9.17, 15) is 9.59 Å². The van der Waals surface area contributed by atoms with E-state index in [0.29, 0.717) is 24.2 Å². The summed E-state index contributed by atoms with van der Waals surface area (Å²) in [4.78, 5) is 25.7. The number of carbonyl (C=O) groups excluding carboxylic acids is 2. The maximum absolute atomic E-state index is 13.2. The van der Waals surface area contributed by atoms with E-state index < -0.39 is 5.92 Å². The Balaban J connectivity index is 1.74. The summed E-state index contributed by atoms with van der Waals surface area (Å²) in [6, 6.07) is 25.9. The minimum atomic E-state index is -0.533. The van der Waals surface area contributed by atoms with E-state index in [4.69, 9.17) is 17.3 Å². The number of aliphatic hydroxyl groups is 1. The van der Waals surface area contributed by atoms with Crippen molar-refractivity contribution in [2.45, 2.75) is 12.3 Å². The lowest BCUT2D eigenvalue weighted by atomic mass is 9.90. The van der Waals surface area contributed by atoms with Crippen molar-refractivity contribution >= 4 is 34.8 Å². The van der Waals surface area contributed by atoms with Crippen LogP contribution < -0.4 is 16.0 Å². The van der Waals surface area contributed by atoms with E-state index in [0.717, 1.165) is 11.1 Å². The molecule has 0 spiro atoms. The summed E-state index contributed by atoms with van der Waals surface area (Å²) in [7, 11) is 0. The number of carbonyl (C=O) groups is 2. The van der Waals surface area contributed by atoms with E-state index in [-0.39, 0.29) is 23.5 Å². The summed E-state index contributed by atoms with van der Waals surface area (Å²) in [5.41, 5.74) is 2.57. The number of aliphatic hydroxyl groups excluding tert-OH is 1. The average Bonchev–Trinajstić information content (AvgIpc) is 2.81. The molecule has 0 saturated heterocycles. The molecule has 0 bridgehead atoms. The highest BCUT2D eigenvalue weighted by Gasteiger charge is 2.23. The Kier molecular flexibility index (Phi) is 8.48. The standard InChI is InChI=1S/C25H25N3O3S/c29-17-9-16-26-23(30)20-14-7-8-15-21(20)27-25(32)28-24(31)22(18-10-3-1-4-11-18)19-12-5-2-6-13-19/h1-8,10-15,22,29H,9,16-17H2,(H,26,30)(H2,27,28,31,32). The van der Waals surface area contributed by atoms with Crippen molar-refractivity contribution in [3.8, 4) is 0 Å². The van der Waals surface area contributed by atoms with Crippen molar-refractivity contribution in [1.82, 2.24) is 10.6 Å². The molecule has 7 heteroatoms. The molecule has 0 radical (unpaired) electrons. The molecule has 32 heavy (non-hydrogen) atoms. The minimum absolute atomic E-state index is 0.000287. The molecule has 3 aromatic rings. The Hall–Kier alpha value is -3.55. The van der Waals surface area contributed by atoms with Gasteiger partial charge in [-0.05, 0) is 41.9 Å². The predicted molar refractivity (Wildman–Crippen MR) is 130 cm³/mol. The maximum atomic E-state index is 13.2. The van der Waals surface area contributed by atoms with Crippen LogP contribution in [0, 0.1) is 0 Å². The van der Waals surface area contributed by atoms with Crippen LogP contribution in [-0.4, -0.2) is 35.2 Å². The van der Waals surface area contributed by atoms with Crippen LogP contribution in [0.2, 0.25) is 0 Å². The second kappa shape index (κ2) is 11.7. The summed E-state index contributed by atoms with van der Waals surface area (Å²) in [6.07, 6.45) is 0.468. The van der Waals surface area contributed by atoms with E-state index in [2.05, 4.69) is 16.0 Å². The number of thiocarbonyl (C=S) groups is 1. The summed E-state index contributed by atoms with van der Waals surface area (Å²) < 4.78 is 0. The Morgan fingerprint density at radius 3 is 2.00 bits per heavy atom. The van der Waals surface area contributed by atoms with E-state index in [1.807, 2.05) is 60.7 Å². The van der Waals surface area contributed by atoms with Crippen LogP contribution in [0.15, 0.2) is 84.9 Å². The van der Waals surface area contributed by atoms with Gasteiger partial charge in [-0.3, -0.25) is 9.59 Å². The maximum Gasteiger partial charge on any atom is 0.253 e. The smallest absolute Gasteiger partial charge is 0.253 e. The van der Waals surface area contributed by atoms with Crippen molar-refractivity contribution < 1.29 is 14.7 Å². The summed E-state index contributed by atoms with van der Waals surface area (Å²) in [5.74, 6) is -1.10. The fourth-order valence-corrected chi connectivity index (χ4v) is 3.50. The van der Waals surface area contributed by atoms with Gasteiger partial charge in [-0.1, -0.05) is 72.8 Å². The van der Waals surface area contributed by atoms with Crippen LogP contribution in [0.1, 0.15) is 33.8 Å². The monoisotopic (exact) mass is 447 g/mol. The lowest BCUT2D eigenvalue weighted by Crippen LogP contribution is -2.38. The number of anilines is 1. The van der Waals surface area contributed by atoms with Crippen LogP contribution in [0.25, 0.3) is 0 Å². The molecule has 0 unspecified atom stereocenters. The van der Waals surface area contributed by atoms with Crippen molar-refractivity contribution in [2.24, 2.45) is 0 Å². The van der Waals surface area contributed by atoms with Gasteiger partial charge in [0.15, 0.2) is 5.11 Å². The fourth-order valence-electron chi connectivity index (χ4n) is 3.29. The Bertz CT molecular complexity index is 1020. The summed E-state index contributed by atoms with van der Waals surface area (Å²) >= 11 is 5.38. The van der Waals surface area contributed by atoms with E-state index >= 15 is 0 Å². The average molecular weight is 448 g/mol. The highest BCUT2D eigenvalue weighted by Crippen LogP contribution is 2.25. The molecule has 4 N–H and O–H groups in total. The third-order valence-electron chi connectivity index (χ3n) is 4.81. The predicted octanol–water partition coefficient (Wildman–Crippen LogP) is 3.44. The second-order valence-corrected chi connectivity index (χ2v) is 7.48. The molecule has 0 saturated carbocycles. The largest absolute Gasteiger partial charge is 0.396 e. The van der Waals surface area contributed by atoms with E-state index in [1.54, 1.807) is 24.3 Å². The molecule has 0 heterocycles. The van der Waals surface area contributed by atoms with Gasteiger partial charge in [0, 0.05) is 13.2 Å². The molecule has 0 aromatic heterocycles. The molecule has 164 valence electrons. The Morgan fingerprint density at radius 1 is 0.844 bits per heavy atom. The Morgan fingerprint density at radius 2 is 1.41 bits per heavy atom. The highest BCUT2D eigenvalue weighted by molar-refractivity contribution is 7.80. The number of amides is 2. The quantitative estimate of drug-likeness (QED) is 0.314. The van der Waals surface area contributed by atoms with Gasteiger partial charge in [0.2, 0.25) is 5.91 Å². The summed E-state index contributed by atoms with van der Waals surface area (Å²) in [5, 5.41) is 17.5. The van der Waals surface area contributed by atoms with Gasteiger partial charge < -0.3 is 21.1 Å². The third-order valence-corrected chi connectivity index (χ3v) is 5.01. The zero-order chi connectivity index (χ0) is 22.8. The molecule has 6 nitrogen and oxygen atoms in total. The molecular formula is C25H25N3O3S. The zero-order valence-electron chi connectivity index (χ0n) is 17.5. The second-order valence-electron chi connectivity index (χ2n) is 7.08. The van der Waals surface area contributed by atoms with Crippen molar-refractivity contribution in [3.63, 3.8) is 0 Å². The van der Waals surface area contributed by atoms with Crippen LogP contribution >= 0.6 is 12.2 Å². The first-order valence-corrected chi connectivity index (χ1v) is 10.7. The normalized spacial score (nSPS) is 10.4. The molecule has 2 amide bonds. The topological polar surface area (TPSA) is 90.5 Å². The molecule has 0 fully saturated rings. The lowest BCUT2D eigenvalue weighted by molar-refractivity contribution is -0.120. The number of nitrogens with one attached hydrogen (secondary N) is 3. The molecule has 3 aromatic carbocycles. The number of hydrogen-bond acceptors (Lipinski definition) is 4. The SMILES string of the molecule is O=C(NCCCO)c1ccccc1NC(=S)NC(=O)C(c1ccccc1)c1ccccc1. The van der Waals surface area contributed by atoms with Gasteiger partial charge in [-0.15, -0.1) is 0 Å². The molecule has 0 atom stereocenters. The molecular weight excluding hydrogens is 422 g/mol.